The Bertz CT molecular complexity index is 529. The second kappa shape index (κ2) is 7.57. The van der Waals surface area contributed by atoms with E-state index in [1.807, 2.05) is 0 Å². The van der Waals surface area contributed by atoms with Crippen molar-refractivity contribution in [3.05, 3.63) is 91.0 Å². The first-order valence-electron chi connectivity index (χ1n) is 6.40. The molecule has 2 heteroatoms. The second-order valence-corrected chi connectivity index (χ2v) is 6.56. The van der Waals surface area contributed by atoms with Crippen LogP contribution >= 0.6 is 7.92 Å². The molecule has 103 valence electrons. The maximum atomic E-state index is 2.23. The van der Waals surface area contributed by atoms with Gasteiger partial charge in [-0.1, -0.05) is 91.0 Å². The Kier molecular flexibility index (Phi) is 5.76. The fraction of sp³-hybridized carbons (Fsp3) is 0. The van der Waals surface area contributed by atoms with Crippen molar-refractivity contribution in [1.82, 2.24) is 0 Å². The number of hydrogen-bond donors (Lipinski definition) is 0. The van der Waals surface area contributed by atoms with Gasteiger partial charge in [0.1, 0.15) is 0 Å². The summed E-state index contributed by atoms with van der Waals surface area (Å²) in [4.78, 5) is 0. The molecule has 3 aromatic carbocycles. The molecule has 1 radical (unpaired) electrons. The van der Waals surface area contributed by atoms with Gasteiger partial charge in [-0.25, -0.2) is 0 Å². The molecule has 0 saturated carbocycles. The van der Waals surface area contributed by atoms with Crippen LogP contribution in [0.5, 0.6) is 0 Å². The molecule has 0 spiro atoms. The minimum Gasteiger partial charge on any atom is -0.0622 e. The fourth-order valence-corrected chi connectivity index (χ4v) is 4.48. The van der Waals surface area contributed by atoms with Crippen LogP contribution in [-0.4, -0.2) is 0 Å². The van der Waals surface area contributed by atoms with Crippen LogP contribution in [-0.2, 0) is 22.4 Å². The summed E-state index contributed by atoms with van der Waals surface area (Å²) in [5, 5.41) is 4.19. The summed E-state index contributed by atoms with van der Waals surface area (Å²) in [7, 11) is -0.446. The summed E-state index contributed by atoms with van der Waals surface area (Å²) in [5.74, 6) is 0. The average molecular weight is 459 g/mol. The maximum absolute atomic E-state index is 2.23. The van der Waals surface area contributed by atoms with Crippen LogP contribution in [0.3, 0.4) is 0 Å². The van der Waals surface area contributed by atoms with E-state index in [0.717, 1.165) is 0 Å². The van der Waals surface area contributed by atoms with E-state index in [9.17, 15) is 0 Å². The van der Waals surface area contributed by atoms with Crippen LogP contribution in [0.15, 0.2) is 91.0 Å². The van der Waals surface area contributed by atoms with E-state index < -0.39 is 7.92 Å². The van der Waals surface area contributed by atoms with Gasteiger partial charge in [0.25, 0.3) is 0 Å². The van der Waals surface area contributed by atoms with Gasteiger partial charge in [-0.2, -0.15) is 0 Å². The summed E-state index contributed by atoms with van der Waals surface area (Å²) in [6.45, 7) is 0. The average Bonchev–Trinajstić information content (AvgIpc) is 2.51. The summed E-state index contributed by atoms with van der Waals surface area (Å²) in [6, 6.07) is 32.3. The van der Waals surface area contributed by atoms with Crippen molar-refractivity contribution in [1.29, 1.82) is 0 Å². The molecule has 0 aliphatic rings. The van der Waals surface area contributed by atoms with Gasteiger partial charge in [0.2, 0.25) is 0 Å². The number of benzene rings is 3. The molecule has 0 aliphatic heterocycles. The Morgan fingerprint density at radius 3 is 0.900 bits per heavy atom. The number of rotatable bonds is 3. The topological polar surface area (TPSA) is 0 Å². The molecule has 0 nitrogen and oxygen atoms in total. The first-order valence-corrected chi connectivity index (χ1v) is 7.74. The van der Waals surface area contributed by atoms with Gasteiger partial charge in [0, 0.05) is 22.4 Å². The summed E-state index contributed by atoms with van der Waals surface area (Å²) < 4.78 is 0. The molecular formula is C18H15AuP. The molecule has 0 unspecified atom stereocenters. The third-order valence-corrected chi connectivity index (χ3v) is 5.49. The van der Waals surface area contributed by atoms with Crippen LogP contribution in [0.25, 0.3) is 0 Å². The van der Waals surface area contributed by atoms with E-state index in [-0.39, 0.29) is 22.4 Å². The summed E-state index contributed by atoms with van der Waals surface area (Å²) in [6.07, 6.45) is 0. The Hall–Kier alpha value is -1.17. The van der Waals surface area contributed by atoms with Crippen molar-refractivity contribution in [2.24, 2.45) is 0 Å². The first-order chi connectivity index (χ1) is 9.45. The van der Waals surface area contributed by atoms with Crippen LogP contribution in [0, 0.1) is 0 Å². The van der Waals surface area contributed by atoms with Gasteiger partial charge in [-0.15, -0.1) is 0 Å². The van der Waals surface area contributed by atoms with Crippen LogP contribution in [0.2, 0.25) is 0 Å². The Morgan fingerprint density at radius 1 is 0.400 bits per heavy atom. The van der Waals surface area contributed by atoms with E-state index in [0.29, 0.717) is 0 Å². The molecule has 3 rings (SSSR count). The molecule has 0 N–H and O–H groups in total. The zero-order chi connectivity index (χ0) is 12.9. The predicted octanol–water partition coefficient (Wildman–Crippen LogP) is 3.44. The standard InChI is InChI=1S/C18H15P.Au/c1-4-10-16(11-5-1)19(17-12-6-2-7-13-17)18-14-8-3-9-15-18;/h1-15H;. The van der Waals surface area contributed by atoms with Gasteiger partial charge in [-0.05, 0) is 23.8 Å². The molecule has 3 aromatic rings. The Labute approximate surface area is 137 Å². The van der Waals surface area contributed by atoms with E-state index in [2.05, 4.69) is 91.0 Å². The van der Waals surface area contributed by atoms with Gasteiger partial charge in [0.05, 0.1) is 0 Å². The molecule has 0 aromatic heterocycles. The first kappa shape index (κ1) is 15.2. The van der Waals surface area contributed by atoms with Crippen LogP contribution in [0.4, 0.5) is 0 Å². The molecule has 0 aliphatic carbocycles. The zero-order valence-corrected chi connectivity index (χ0v) is 14.0. The monoisotopic (exact) mass is 459 g/mol. The summed E-state index contributed by atoms with van der Waals surface area (Å²) >= 11 is 0. The molecule has 0 bridgehead atoms. The van der Waals surface area contributed by atoms with Crippen molar-refractivity contribution >= 4 is 23.8 Å². The van der Waals surface area contributed by atoms with Crippen LogP contribution < -0.4 is 15.9 Å². The molecule has 20 heavy (non-hydrogen) atoms. The minimum atomic E-state index is -0.446. The molecule has 0 atom stereocenters. The van der Waals surface area contributed by atoms with Crippen molar-refractivity contribution in [2.45, 2.75) is 0 Å². The van der Waals surface area contributed by atoms with E-state index in [4.69, 9.17) is 0 Å². The zero-order valence-electron chi connectivity index (χ0n) is 10.9. The van der Waals surface area contributed by atoms with E-state index in [1.54, 1.807) is 0 Å². The Morgan fingerprint density at radius 2 is 0.650 bits per heavy atom. The minimum absolute atomic E-state index is 0. The molecule has 0 heterocycles. The fourth-order valence-electron chi connectivity index (χ4n) is 2.18. The third-order valence-electron chi connectivity index (χ3n) is 3.04. The predicted molar refractivity (Wildman–Crippen MR) is 85.1 cm³/mol. The SMILES string of the molecule is [Au].c1ccc(P(c2ccccc2)c2ccccc2)cc1. The van der Waals surface area contributed by atoms with E-state index >= 15 is 0 Å². The quantitative estimate of drug-likeness (QED) is 0.416. The molecule has 0 fully saturated rings. The van der Waals surface area contributed by atoms with E-state index in [1.165, 1.54) is 15.9 Å². The molecule has 0 amide bonds. The van der Waals surface area contributed by atoms with Crippen molar-refractivity contribution in [3.8, 4) is 0 Å². The van der Waals surface area contributed by atoms with Crippen molar-refractivity contribution < 1.29 is 22.4 Å². The smallest absolute Gasteiger partial charge is 0 e. The number of hydrogen-bond acceptors (Lipinski definition) is 0. The van der Waals surface area contributed by atoms with Gasteiger partial charge in [-0.3, -0.25) is 0 Å². The van der Waals surface area contributed by atoms with Crippen LogP contribution in [0.1, 0.15) is 0 Å². The van der Waals surface area contributed by atoms with Gasteiger partial charge < -0.3 is 0 Å². The molecular weight excluding hydrogens is 444 g/mol. The maximum Gasteiger partial charge on any atom is 0 e. The normalized spacial score (nSPS) is 10.1. The molecule has 0 saturated heterocycles. The summed E-state index contributed by atoms with van der Waals surface area (Å²) in [5.41, 5.74) is 0. The third kappa shape index (κ3) is 3.48. The second-order valence-electron chi connectivity index (χ2n) is 4.34. The van der Waals surface area contributed by atoms with Crippen molar-refractivity contribution in [2.75, 3.05) is 0 Å². The largest absolute Gasteiger partial charge is 0.0622 e. The van der Waals surface area contributed by atoms with Gasteiger partial charge in [0.15, 0.2) is 0 Å². The van der Waals surface area contributed by atoms with Gasteiger partial charge >= 0.3 is 0 Å². The van der Waals surface area contributed by atoms with Crippen molar-refractivity contribution in [3.63, 3.8) is 0 Å². The Balaban J connectivity index is 0.00000147.